The minimum atomic E-state index is -0.745. The van der Waals surface area contributed by atoms with Crippen LogP contribution in [0.25, 0.3) is 57.0 Å². The van der Waals surface area contributed by atoms with Gasteiger partial charge in [-0.3, -0.25) is 9.59 Å². The Hall–Kier alpha value is -7.72. The van der Waals surface area contributed by atoms with Crippen LogP contribution in [0.5, 0.6) is 11.5 Å². The van der Waals surface area contributed by atoms with Crippen LogP contribution >= 0.6 is 0 Å². The number of hydrogen-bond acceptors (Lipinski definition) is 6. The minimum absolute atomic E-state index is 0.212. The maximum Gasteiger partial charge on any atom is 0.303 e. The van der Waals surface area contributed by atoms with Crippen molar-refractivity contribution in [2.75, 3.05) is 13.2 Å². The summed E-state index contributed by atoms with van der Waals surface area (Å²) in [7, 11) is 0. The van der Waals surface area contributed by atoms with E-state index in [1.54, 1.807) is 0 Å². The minimum Gasteiger partial charge on any atom is -0.494 e. The first kappa shape index (κ1) is 46.3. The first-order valence-electron chi connectivity index (χ1n) is 22.6. The summed E-state index contributed by atoms with van der Waals surface area (Å²) in [5, 5.41) is 17.5. The maximum atomic E-state index is 10.6. The van der Waals surface area contributed by atoms with Gasteiger partial charge in [0.15, 0.2) is 0 Å². The smallest absolute Gasteiger partial charge is 0.303 e. The highest BCUT2D eigenvalue weighted by molar-refractivity contribution is 5.83. The number of unbranched alkanes of at least 4 members (excludes halogenated alkanes) is 4. The van der Waals surface area contributed by atoms with Crippen LogP contribution < -0.4 is 9.47 Å². The fraction of sp³-hybridized carbons (Fsp3) is 0.214. The van der Waals surface area contributed by atoms with Gasteiger partial charge < -0.3 is 28.8 Å². The van der Waals surface area contributed by atoms with Gasteiger partial charge in [-0.25, -0.2) is 9.97 Å². The molecule has 0 aliphatic rings. The Kier molecular flexibility index (Phi) is 17.1. The van der Waals surface area contributed by atoms with Crippen molar-refractivity contribution in [1.82, 2.24) is 19.1 Å². The van der Waals surface area contributed by atoms with Gasteiger partial charge in [0.2, 0.25) is 0 Å². The number of carbonyl (C=O) groups is 2. The van der Waals surface area contributed by atoms with Crippen molar-refractivity contribution < 1.29 is 29.3 Å². The highest BCUT2D eigenvalue weighted by Crippen LogP contribution is 2.30. The first-order chi connectivity index (χ1) is 32.4. The number of fused-ring (bicyclic) bond motifs is 2. The Bertz CT molecular complexity index is 2620. The molecule has 66 heavy (non-hydrogen) atoms. The van der Waals surface area contributed by atoms with E-state index in [0.717, 1.165) is 93.2 Å². The molecule has 10 nitrogen and oxygen atoms in total. The van der Waals surface area contributed by atoms with Crippen LogP contribution in [-0.4, -0.2) is 54.5 Å². The van der Waals surface area contributed by atoms with Crippen molar-refractivity contribution in [3.63, 3.8) is 0 Å². The Morgan fingerprint density at radius 2 is 0.848 bits per heavy atom. The normalized spacial score (nSPS) is 11.3. The number of carboxylic acids is 2. The second-order valence-electron chi connectivity index (χ2n) is 15.9. The number of carboxylic acid groups (broad SMARTS) is 2. The van der Waals surface area contributed by atoms with Crippen LogP contribution in [0, 0.1) is 0 Å². The van der Waals surface area contributed by atoms with E-state index >= 15 is 0 Å². The molecule has 0 atom stereocenters. The summed E-state index contributed by atoms with van der Waals surface area (Å²) >= 11 is 0. The number of ether oxygens (including phenoxy) is 2. The molecule has 0 saturated carbocycles. The third-order valence-electron chi connectivity index (χ3n) is 10.9. The van der Waals surface area contributed by atoms with Gasteiger partial charge in [-0.15, -0.1) is 0 Å². The molecule has 0 unspecified atom stereocenters. The molecule has 6 aromatic carbocycles. The zero-order valence-corrected chi connectivity index (χ0v) is 37.1. The van der Waals surface area contributed by atoms with Crippen molar-refractivity contribution in [2.45, 2.75) is 64.5 Å². The van der Waals surface area contributed by atoms with Crippen molar-refractivity contribution in [1.29, 1.82) is 0 Å². The molecule has 0 aliphatic carbocycles. The van der Waals surface area contributed by atoms with E-state index in [1.165, 1.54) is 0 Å². The summed E-state index contributed by atoms with van der Waals surface area (Å²) in [6.07, 6.45) is 13.7. The molecule has 0 saturated heterocycles. The van der Waals surface area contributed by atoms with Gasteiger partial charge in [0.05, 0.1) is 35.3 Å². The van der Waals surface area contributed by atoms with Gasteiger partial charge >= 0.3 is 11.9 Å². The van der Waals surface area contributed by atoms with E-state index in [4.69, 9.17) is 29.7 Å². The number of benzene rings is 6. The van der Waals surface area contributed by atoms with E-state index in [0.29, 0.717) is 39.1 Å². The molecule has 0 aliphatic heterocycles. The quantitative estimate of drug-likeness (QED) is 0.0644. The van der Waals surface area contributed by atoms with E-state index < -0.39 is 11.9 Å². The molecule has 0 radical (unpaired) electrons. The zero-order chi connectivity index (χ0) is 45.8. The zero-order valence-electron chi connectivity index (χ0n) is 37.1. The van der Waals surface area contributed by atoms with Gasteiger partial charge in [-0.1, -0.05) is 146 Å². The van der Waals surface area contributed by atoms with Crippen LogP contribution in [-0.2, 0) is 22.7 Å². The molecule has 10 heteroatoms. The summed E-state index contributed by atoms with van der Waals surface area (Å²) in [5.41, 5.74) is 8.37. The molecule has 336 valence electrons. The third-order valence-corrected chi connectivity index (χ3v) is 10.9. The van der Waals surface area contributed by atoms with Gasteiger partial charge in [0, 0.05) is 49.2 Å². The van der Waals surface area contributed by atoms with Crippen molar-refractivity contribution in [3.8, 4) is 34.3 Å². The summed E-state index contributed by atoms with van der Waals surface area (Å²) in [6, 6.07) is 52.9. The second kappa shape index (κ2) is 24.4. The van der Waals surface area contributed by atoms with Crippen LogP contribution in [0.2, 0.25) is 0 Å². The molecule has 2 heterocycles. The monoisotopic (exact) mass is 880 g/mol. The van der Waals surface area contributed by atoms with E-state index in [9.17, 15) is 9.59 Å². The molecule has 0 spiro atoms. The summed E-state index contributed by atoms with van der Waals surface area (Å²) in [5.74, 6) is 1.96. The second-order valence-corrected chi connectivity index (χ2v) is 15.9. The molecular formula is C56H56N4O6. The summed E-state index contributed by atoms with van der Waals surface area (Å²) in [4.78, 5) is 31.1. The van der Waals surface area contributed by atoms with Crippen molar-refractivity contribution in [3.05, 3.63) is 181 Å². The maximum absolute atomic E-state index is 10.6. The fourth-order valence-corrected chi connectivity index (χ4v) is 7.58. The van der Waals surface area contributed by atoms with Crippen LogP contribution in [0.4, 0.5) is 0 Å². The number of hydrogen-bond donors (Lipinski definition) is 2. The molecule has 2 aromatic heterocycles. The fourth-order valence-electron chi connectivity index (χ4n) is 7.58. The first-order valence-corrected chi connectivity index (χ1v) is 22.6. The van der Waals surface area contributed by atoms with Gasteiger partial charge in [-0.2, -0.15) is 0 Å². The number of imidazole rings is 2. The van der Waals surface area contributed by atoms with Gasteiger partial charge in [-0.05, 0) is 73.9 Å². The topological polar surface area (TPSA) is 129 Å². The largest absolute Gasteiger partial charge is 0.494 e. The molecule has 8 rings (SSSR count). The lowest BCUT2D eigenvalue weighted by molar-refractivity contribution is -0.138. The molecule has 2 N–H and O–H groups in total. The van der Waals surface area contributed by atoms with Gasteiger partial charge in [0.25, 0.3) is 0 Å². The molecule has 0 bridgehead atoms. The highest BCUT2D eigenvalue weighted by atomic mass is 16.5. The number of rotatable bonds is 22. The Balaban J connectivity index is 0.000000196. The average Bonchev–Trinajstić information content (AvgIpc) is 3.90. The summed E-state index contributed by atoms with van der Waals surface area (Å²) in [6.45, 7) is 2.51. The van der Waals surface area contributed by atoms with Crippen LogP contribution in [0.1, 0.15) is 62.5 Å². The van der Waals surface area contributed by atoms with Crippen LogP contribution in [0.15, 0.2) is 170 Å². The lowest BCUT2D eigenvalue weighted by Gasteiger charge is -2.09. The lowest BCUT2D eigenvalue weighted by atomic mass is 10.2. The third kappa shape index (κ3) is 13.6. The van der Waals surface area contributed by atoms with Crippen LogP contribution in [0.3, 0.4) is 0 Å². The predicted octanol–water partition coefficient (Wildman–Crippen LogP) is 12.9. The Labute approximate surface area is 386 Å². The Morgan fingerprint density at radius 1 is 0.470 bits per heavy atom. The highest BCUT2D eigenvalue weighted by Gasteiger charge is 2.15. The average molecular weight is 881 g/mol. The summed E-state index contributed by atoms with van der Waals surface area (Å²) < 4.78 is 16.3. The van der Waals surface area contributed by atoms with E-state index in [-0.39, 0.29) is 12.8 Å². The molecule has 0 amide bonds. The predicted molar refractivity (Wildman–Crippen MR) is 264 cm³/mol. The Morgan fingerprint density at radius 3 is 1.23 bits per heavy atom. The lowest BCUT2D eigenvalue weighted by Crippen LogP contribution is -2.00. The van der Waals surface area contributed by atoms with Gasteiger partial charge in [0.1, 0.15) is 23.1 Å². The van der Waals surface area contributed by atoms with Crippen molar-refractivity contribution >= 4 is 46.2 Å². The van der Waals surface area contributed by atoms with E-state index in [1.807, 2.05) is 109 Å². The van der Waals surface area contributed by atoms with Crippen molar-refractivity contribution in [2.24, 2.45) is 0 Å². The van der Waals surface area contributed by atoms with E-state index in [2.05, 4.69) is 82.0 Å². The SMILES string of the molecule is O=C(O)CCCCCOc1ccc2nc(-c3ccccc3)n(CC=Cc3ccccc3)c2c1.O=C(O)CCCCCOc1ccc2nc(-c3ccccc3)n(CC=Cc3ccccc3)c2c1. The number of aliphatic carboxylic acids is 2. The molecule has 8 aromatic rings. The number of nitrogens with zero attached hydrogens (tertiary/aromatic N) is 4. The number of allylic oxidation sites excluding steroid dienone is 2. The molecular weight excluding hydrogens is 825 g/mol. The molecule has 0 fully saturated rings. The standard InChI is InChI=1S/2C28H28N2O3/c2*31-27(32)16-8-3-9-20-33-24-17-18-25-26(21-24)30(19-10-13-22-11-4-1-5-12-22)28(29-25)23-14-6-2-7-15-23/h2*1-2,4-7,10-15,17-18,21H,3,8-9,16,19-20H2,(H,31,32). The number of aromatic nitrogens is 4.